The summed E-state index contributed by atoms with van der Waals surface area (Å²) < 4.78 is 10.6. The van der Waals surface area contributed by atoms with Gasteiger partial charge in [-0.3, -0.25) is 0 Å². The van der Waals surface area contributed by atoms with E-state index in [9.17, 15) is 4.79 Å². The Morgan fingerprint density at radius 2 is 1.71 bits per heavy atom. The Labute approximate surface area is 162 Å². The molecule has 2 N–H and O–H groups in total. The summed E-state index contributed by atoms with van der Waals surface area (Å²) in [6.45, 7) is 0.170. The summed E-state index contributed by atoms with van der Waals surface area (Å²) in [4.78, 5) is 17.6. The standard InChI is InChI=1S/C22H18N2O4/c23-21(17-10-11-19-20(13-17)27-14-26-19)24-28-22(25)18-9-5-4-8-16(18)12-15-6-2-1-3-7-15/h1-11,13H,12,14H2,(H2,23,24). The molecular weight excluding hydrogens is 356 g/mol. The molecule has 0 aromatic heterocycles. The molecule has 0 amide bonds. The van der Waals surface area contributed by atoms with E-state index in [4.69, 9.17) is 20.0 Å². The lowest BCUT2D eigenvalue weighted by Crippen LogP contribution is -2.15. The van der Waals surface area contributed by atoms with Gasteiger partial charge in [0, 0.05) is 5.56 Å². The van der Waals surface area contributed by atoms with Gasteiger partial charge in [-0.15, -0.1) is 0 Å². The molecule has 0 aliphatic carbocycles. The first-order valence-corrected chi connectivity index (χ1v) is 8.77. The Hall–Kier alpha value is -3.80. The normalized spacial score (nSPS) is 12.6. The number of amidine groups is 1. The minimum atomic E-state index is -0.560. The van der Waals surface area contributed by atoms with Crippen molar-refractivity contribution in [3.63, 3.8) is 0 Å². The monoisotopic (exact) mass is 374 g/mol. The summed E-state index contributed by atoms with van der Waals surface area (Å²) in [6, 6.07) is 22.3. The Kier molecular flexibility index (Phi) is 4.93. The minimum Gasteiger partial charge on any atom is -0.454 e. The number of oxime groups is 1. The van der Waals surface area contributed by atoms with Gasteiger partial charge in [0.2, 0.25) is 6.79 Å². The molecule has 140 valence electrons. The molecule has 28 heavy (non-hydrogen) atoms. The van der Waals surface area contributed by atoms with E-state index in [1.807, 2.05) is 42.5 Å². The van der Waals surface area contributed by atoms with E-state index < -0.39 is 5.97 Å². The number of nitrogens with two attached hydrogens (primary N) is 1. The fourth-order valence-corrected chi connectivity index (χ4v) is 2.94. The van der Waals surface area contributed by atoms with Crippen LogP contribution in [0, 0.1) is 0 Å². The van der Waals surface area contributed by atoms with Gasteiger partial charge in [-0.05, 0) is 41.8 Å². The summed E-state index contributed by atoms with van der Waals surface area (Å²) in [5.41, 5.74) is 8.94. The van der Waals surface area contributed by atoms with Crippen LogP contribution < -0.4 is 15.2 Å². The number of benzene rings is 3. The average molecular weight is 374 g/mol. The zero-order valence-electron chi connectivity index (χ0n) is 15.0. The van der Waals surface area contributed by atoms with Crippen LogP contribution in [-0.2, 0) is 11.3 Å². The highest BCUT2D eigenvalue weighted by Gasteiger charge is 2.16. The van der Waals surface area contributed by atoms with Gasteiger partial charge in [0.25, 0.3) is 0 Å². The summed E-state index contributed by atoms with van der Waals surface area (Å²) in [5.74, 6) is 0.737. The fourth-order valence-electron chi connectivity index (χ4n) is 2.94. The largest absolute Gasteiger partial charge is 0.454 e. The molecule has 3 aromatic rings. The molecule has 0 saturated carbocycles. The first kappa shape index (κ1) is 17.6. The van der Waals surface area contributed by atoms with E-state index in [1.54, 1.807) is 30.3 Å². The summed E-state index contributed by atoms with van der Waals surface area (Å²) in [7, 11) is 0. The van der Waals surface area contributed by atoms with Crippen molar-refractivity contribution >= 4 is 11.8 Å². The van der Waals surface area contributed by atoms with Crippen LogP contribution in [0.5, 0.6) is 11.5 Å². The molecule has 1 heterocycles. The van der Waals surface area contributed by atoms with Gasteiger partial charge in [-0.25, -0.2) is 4.79 Å². The Bertz CT molecular complexity index is 1030. The molecule has 1 aliphatic rings. The minimum absolute atomic E-state index is 0.0761. The maximum Gasteiger partial charge on any atom is 0.366 e. The summed E-state index contributed by atoms with van der Waals surface area (Å²) >= 11 is 0. The van der Waals surface area contributed by atoms with Crippen molar-refractivity contribution in [2.45, 2.75) is 6.42 Å². The molecule has 6 nitrogen and oxygen atoms in total. The highest BCUT2D eigenvalue weighted by molar-refractivity contribution is 5.99. The van der Waals surface area contributed by atoms with E-state index in [2.05, 4.69) is 5.16 Å². The molecule has 0 atom stereocenters. The molecule has 0 fully saturated rings. The van der Waals surface area contributed by atoms with Crippen LogP contribution in [0.1, 0.15) is 27.0 Å². The number of fused-ring (bicyclic) bond motifs is 1. The predicted molar refractivity (Wildman–Crippen MR) is 104 cm³/mol. The van der Waals surface area contributed by atoms with Crippen LogP contribution in [0.3, 0.4) is 0 Å². The maximum absolute atomic E-state index is 12.5. The first-order valence-electron chi connectivity index (χ1n) is 8.77. The molecule has 3 aromatic carbocycles. The van der Waals surface area contributed by atoms with Gasteiger partial charge >= 0.3 is 5.97 Å². The van der Waals surface area contributed by atoms with Gasteiger partial charge in [0.05, 0.1) is 5.56 Å². The zero-order valence-corrected chi connectivity index (χ0v) is 15.0. The SMILES string of the molecule is N/C(=N/OC(=O)c1ccccc1Cc1ccccc1)c1ccc2c(c1)OCO2. The summed E-state index contributed by atoms with van der Waals surface area (Å²) in [5, 5.41) is 3.79. The highest BCUT2D eigenvalue weighted by Crippen LogP contribution is 2.32. The number of ether oxygens (including phenoxy) is 2. The van der Waals surface area contributed by atoms with Gasteiger partial charge in [-0.2, -0.15) is 0 Å². The van der Waals surface area contributed by atoms with Crippen LogP contribution in [0.4, 0.5) is 0 Å². The average Bonchev–Trinajstić information content (AvgIpc) is 3.21. The van der Waals surface area contributed by atoms with Gasteiger partial charge < -0.3 is 20.0 Å². The highest BCUT2D eigenvalue weighted by atomic mass is 16.7. The lowest BCUT2D eigenvalue weighted by Gasteiger charge is -2.08. The molecule has 0 bridgehead atoms. The zero-order chi connectivity index (χ0) is 19.3. The van der Waals surface area contributed by atoms with Crippen LogP contribution >= 0.6 is 0 Å². The predicted octanol–water partition coefficient (Wildman–Crippen LogP) is 3.48. The van der Waals surface area contributed by atoms with E-state index in [0.29, 0.717) is 29.0 Å². The van der Waals surface area contributed by atoms with E-state index in [0.717, 1.165) is 11.1 Å². The summed E-state index contributed by atoms with van der Waals surface area (Å²) in [6.07, 6.45) is 0.619. The smallest absolute Gasteiger partial charge is 0.366 e. The Morgan fingerprint density at radius 1 is 0.964 bits per heavy atom. The molecular formula is C22H18N2O4. The van der Waals surface area contributed by atoms with Crippen molar-refractivity contribution < 1.29 is 19.1 Å². The van der Waals surface area contributed by atoms with Crippen LogP contribution in [-0.4, -0.2) is 18.6 Å². The van der Waals surface area contributed by atoms with Crippen molar-refractivity contribution in [3.05, 3.63) is 95.1 Å². The van der Waals surface area contributed by atoms with Crippen molar-refractivity contribution in [3.8, 4) is 11.5 Å². The first-order chi connectivity index (χ1) is 13.7. The quantitative estimate of drug-likeness (QED) is 0.320. The van der Waals surface area contributed by atoms with E-state index >= 15 is 0 Å². The third-order valence-corrected chi connectivity index (χ3v) is 4.37. The lowest BCUT2D eigenvalue weighted by molar-refractivity contribution is 0.0515. The van der Waals surface area contributed by atoms with Crippen LogP contribution in [0.2, 0.25) is 0 Å². The van der Waals surface area contributed by atoms with Gasteiger partial charge in [0.1, 0.15) is 0 Å². The van der Waals surface area contributed by atoms with E-state index in [1.165, 1.54) is 0 Å². The molecule has 0 saturated heterocycles. The molecule has 1 aliphatic heterocycles. The van der Waals surface area contributed by atoms with Crippen molar-refractivity contribution in [2.75, 3.05) is 6.79 Å². The van der Waals surface area contributed by atoms with Crippen molar-refractivity contribution in [1.82, 2.24) is 0 Å². The second-order valence-corrected chi connectivity index (χ2v) is 6.24. The van der Waals surface area contributed by atoms with Crippen molar-refractivity contribution in [1.29, 1.82) is 0 Å². The topological polar surface area (TPSA) is 83.1 Å². The van der Waals surface area contributed by atoms with Gasteiger partial charge in [0.15, 0.2) is 17.3 Å². The van der Waals surface area contributed by atoms with Gasteiger partial charge in [-0.1, -0.05) is 53.7 Å². The lowest BCUT2D eigenvalue weighted by atomic mass is 10.00. The number of rotatable bonds is 5. The maximum atomic E-state index is 12.5. The molecule has 0 radical (unpaired) electrons. The van der Waals surface area contributed by atoms with Crippen molar-refractivity contribution in [2.24, 2.45) is 10.9 Å². The Morgan fingerprint density at radius 3 is 2.57 bits per heavy atom. The third kappa shape index (κ3) is 3.81. The number of hydrogen-bond acceptors (Lipinski definition) is 5. The van der Waals surface area contributed by atoms with Crippen LogP contribution in [0.25, 0.3) is 0 Å². The number of carbonyl (C=O) groups is 1. The second kappa shape index (κ2) is 7.84. The van der Waals surface area contributed by atoms with E-state index in [-0.39, 0.29) is 12.6 Å². The third-order valence-electron chi connectivity index (χ3n) is 4.37. The molecule has 4 rings (SSSR count). The Balaban J connectivity index is 1.50. The molecule has 6 heteroatoms. The van der Waals surface area contributed by atoms with Crippen LogP contribution in [0.15, 0.2) is 78.0 Å². The molecule has 0 unspecified atom stereocenters. The number of carbonyl (C=O) groups excluding carboxylic acids is 1. The number of nitrogens with zero attached hydrogens (tertiary/aromatic N) is 1. The number of hydrogen-bond donors (Lipinski definition) is 1. The fraction of sp³-hybridized carbons (Fsp3) is 0.0909. The molecule has 0 spiro atoms. The second-order valence-electron chi connectivity index (χ2n) is 6.24.